The predicted molar refractivity (Wildman–Crippen MR) is 65.8 cm³/mol. The molecule has 17 heavy (non-hydrogen) atoms. The summed E-state index contributed by atoms with van der Waals surface area (Å²) in [4.78, 5) is 15.2. The number of hydrogen-bond acceptors (Lipinski definition) is 5. The highest BCUT2D eigenvalue weighted by Crippen LogP contribution is 2.03. The van der Waals surface area contributed by atoms with E-state index in [1.165, 1.54) is 0 Å². The number of sulfonamides is 1. The molecule has 0 unspecified atom stereocenters. The molecule has 0 spiro atoms. The van der Waals surface area contributed by atoms with Crippen LogP contribution in [0.15, 0.2) is 12.7 Å². The van der Waals surface area contributed by atoms with Crippen LogP contribution in [-0.4, -0.2) is 62.7 Å². The lowest BCUT2D eigenvalue weighted by Crippen LogP contribution is -2.36. The second-order valence-electron chi connectivity index (χ2n) is 3.96. The van der Waals surface area contributed by atoms with Gasteiger partial charge in [0.1, 0.15) is 0 Å². The average Bonchev–Trinajstić information content (AvgIpc) is 2.73. The molecule has 0 aliphatic carbocycles. The van der Waals surface area contributed by atoms with Crippen LogP contribution in [-0.2, 0) is 14.8 Å². The van der Waals surface area contributed by atoms with E-state index in [9.17, 15) is 13.2 Å². The minimum Gasteiger partial charge on any atom is -0.289 e. The number of hydrogen-bond donors (Lipinski definition) is 1. The summed E-state index contributed by atoms with van der Waals surface area (Å²) in [5.74, 6) is -0.744. The van der Waals surface area contributed by atoms with Crippen molar-refractivity contribution in [1.82, 2.24) is 14.5 Å². The normalized spacial score (nSPS) is 18.2. The summed E-state index contributed by atoms with van der Waals surface area (Å²) in [6.45, 7) is 9.33. The van der Waals surface area contributed by atoms with Gasteiger partial charge in [-0.25, -0.2) is 13.1 Å². The summed E-state index contributed by atoms with van der Waals surface area (Å²) in [7, 11) is -3.54. The van der Waals surface area contributed by atoms with Gasteiger partial charge in [-0.15, -0.1) is 0 Å². The lowest BCUT2D eigenvalue weighted by Gasteiger charge is -2.16. The van der Waals surface area contributed by atoms with Crippen molar-refractivity contribution in [2.45, 2.75) is 6.92 Å². The highest BCUT2D eigenvalue weighted by Gasteiger charge is 2.21. The molecule has 7 heteroatoms. The summed E-state index contributed by atoms with van der Waals surface area (Å²) >= 11 is 0. The van der Waals surface area contributed by atoms with Crippen molar-refractivity contribution in [2.75, 3.05) is 38.6 Å². The third-order valence-corrected chi connectivity index (χ3v) is 3.93. The first-order valence-corrected chi connectivity index (χ1v) is 7.23. The number of likely N-dealkylation sites (N-methyl/N-ethyl adjacent to an activating group) is 1. The smallest absolute Gasteiger partial charge is 0.256 e. The molecular formula is C10H19N3O3S. The van der Waals surface area contributed by atoms with Crippen molar-refractivity contribution in [3.8, 4) is 0 Å². The lowest BCUT2D eigenvalue weighted by molar-refractivity contribution is -0.114. The fourth-order valence-electron chi connectivity index (χ4n) is 1.64. The van der Waals surface area contributed by atoms with E-state index >= 15 is 0 Å². The molecule has 98 valence electrons. The van der Waals surface area contributed by atoms with Gasteiger partial charge in [0.2, 0.25) is 10.0 Å². The molecule has 1 fully saturated rings. The van der Waals surface area contributed by atoms with Crippen LogP contribution in [0.4, 0.5) is 0 Å². The molecule has 1 aliphatic rings. The molecule has 1 aliphatic heterocycles. The standard InChI is InChI=1S/C10H19N3O3S/c1-3-10(14)11-17(15,16)8-7-13-6-5-12(4-2)9-13/h3H,1,4-9H2,2H3,(H,11,14). The SMILES string of the molecule is C=CC(=O)NS(=O)(=O)CCN1CCN(CC)C1. The van der Waals surface area contributed by atoms with Gasteiger partial charge in [0.25, 0.3) is 5.91 Å². The van der Waals surface area contributed by atoms with Crippen LogP contribution in [0, 0.1) is 0 Å². The maximum Gasteiger partial charge on any atom is 0.256 e. The Labute approximate surface area is 102 Å². The zero-order valence-corrected chi connectivity index (χ0v) is 10.9. The quantitative estimate of drug-likeness (QED) is 0.635. The van der Waals surface area contributed by atoms with Crippen LogP contribution in [0.3, 0.4) is 0 Å². The minimum absolute atomic E-state index is 0.0653. The van der Waals surface area contributed by atoms with Gasteiger partial charge in [0, 0.05) is 19.6 Å². The van der Waals surface area contributed by atoms with Crippen LogP contribution in [0.5, 0.6) is 0 Å². The summed E-state index contributed by atoms with van der Waals surface area (Å²) in [6.07, 6.45) is 0.951. The molecule has 0 aromatic carbocycles. The average molecular weight is 261 g/mol. The Balaban J connectivity index is 2.35. The molecule has 6 nitrogen and oxygen atoms in total. The lowest BCUT2D eigenvalue weighted by atomic mass is 10.5. The first-order chi connectivity index (χ1) is 7.96. The topological polar surface area (TPSA) is 69.7 Å². The summed E-state index contributed by atoms with van der Waals surface area (Å²) in [6, 6.07) is 0. The largest absolute Gasteiger partial charge is 0.289 e. The van der Waals surface area contributed by atoms with Gasteiger partial charge in [-0.2, -0.15) is 0 Å². The highest BCUT2D eigenvalue weighted by molar-refractivity contribution is 7.90. The van der Waals surface area contributed by atoms with Crippen molar-refractivity contribution in [3.63, 3.8) is 0 Å². The maximum atomic E-state index is 11.5. The van der Waals surface area contributed by atoms with Gasteiger partial charge in [-0.05, 0) is 12.6 Å². The third-order valence-electron chi connectivity index (χ3n) is 2.70. The number of amides is 1. The Kier molecular flexibility index (Phi) is 5.10. The van der Waals surface area contributed by atoms with Crippen molar-refractivity contribution in [1.29, 1.82) is 0 Å². The van der Waals surface area contributed by atoms with E-state index in [0.29, 0.717) is 6.54 Å². The van der Waals surface area contributed by atoms with Crippen molar-refractivity contribution < 1.29 is 13.2 Å². The fourth-order valence-corrected chi connectivity index (χ4v) is 2.63. The Morgan fingerprint density at radius 1 is 1.41 bits per heavy atom. The van der Waals surface area contributed by atoms with Gasteiger partial charge in [0.15, 0.2) is 0 Å². The van der Waals surface area contributed by atoms with Crippen LogP contribution in [0.25, 0.3) is 0 Å². The fraction of sp³-hybridized carbons (Fsp3) is 0.700. The van der Waals surface area contributed by atoms with E-state index < -0.39 is 15.9 Å². The molecule has 1 amide bonds. The van der Waals surface area contributed by atoms with Gasteiger partial charge in [0.05, 0.1) is 12.4 Å². The van der Waals surface area contributed by atoms with Gasteiger partial charge in [-0.1, -0.05) is 13.5 Å². The Morgan fingerprint density at radius 2 is 2.06 bits per heavy atom. The third kappa shape index (κ3) is 4.84. The molecular weight excluding hydrogens is 242 g/mol. The van der Waals surface area contributed by atoms with E-state index in [0.717, 1.165) is 32.4 Å². The zero-order chi connectivity index (χ0) is 12.9. The van der Waals surface area contributed by atoms with E-state index in [1.54, 1.807) is 0 Å². The molecule has 0 bridgehead atoms. The number of carbonyl (C=O) groups is 1. The molecule has 0 saturated carbocycles. The molecule has 0 aromatic rings. The molecule has 0 aromatic heterocycles. The van der Waals surface area contributed by atoms with Gasteiger partial charge < -0.3 is 0 Å². The van der Waals surface area contributed by atoms with E-state index in [-0.39, 0.29) is 5.75 Å². The van der Waals surface area contributed by atoms with Gasteiger partial charge >= 0.3 is 0 Å². The van der Waals surface area contributed by atoms with E-state index in [2.05, 4.69) is 23.3 Å². The summed E-state index contributed by atoms with van der Waals surface area (Å²) in [5.41, 5.74) is 0. The monoisotopic (exact) mass is 261 g/mol. The molecule has 0 atom stereocenters. The van der Waals surface area contributed by atoms with Crippen LogP contribution in [0.2, 0.25) is 0 Å². The number of nitrogens with zero attached hydrogens (tertiary/aromatic N) is 2. The first kappa shape index (κ1) is 14.1. The minimum atomic E-state index is -3.54. The first-order valence-electron chi connectivity index (χ1n) is 5.58. The summed E-state index contributed by atoms with van der Waals surface area (Å²) < 4.78 is 24.9. The Morgan fingerprint density at radius 3 is 2.59 bits per heavy atom. The summed E-state index contributed by atoms with van der Waals surface area (Å²) in [5, 5.41) is 0. The van der Waals surface area contributed by atoms with E-state index in [1.807, 2.05) is 4.72 Å². The molecule has 0 radical (unpaired) electrons. The molecule has 1 saturated heterocycles. The van der Waals surface area contributed by atoms with Crippen LogP contribution >= 0.6 is 0 Å². The zero-order valence-electron chi connectivity index (χ0n) is 10.1. The highest BCUT2D eigenvalue weighted by atomic mass is 32.2. The second kappa shape index (κ2) is 6.13. The number of carbonyl (C=O) groups excluding carboxylic acids is 1. The maximum absolute atomic E-state index is 11.5. The second-order valence-corrected chi connectivity index (χ2v) is 5.80. The van der Waals surface area contributed by atoms with Crippen LogP contribution in [0.1, 0.15) is 6.92 Å². The van der Waals surface area contributed by atoms with Crippen molar-refractivity contribution in [2.24, 2.45) is 0 Å². The predicted octanol–water partition coefficient (Wildman–Crippen LogP) is -0.787. The van der Waals surface area contributed by atoms with Crippen molar-refractivity contribution in [3.05, 3.63) is 12.7 Å². The van der Waals surface area contributed by atoms with Crippen LogP contribution < -0.4 is 4.72 Å². The number of nitrogens with one attached hydrogen (secondary N) is 1. The number of rotatable bonds is 6. The Hall–Kier alpha value is -0.920. The molecule has 1 rings (SSSR count). The van der Waals surface area contributed by atoms with Gasteiger partial charge in [-0.3, -0.25) is 14.6 Å². The Bertz CT molecular complexity index is 380. The van der Waals surface area contributed by atoms with Crippen molar-refractivity contribution >= 4 is 15.9 Å². The van der Waals surface area contributed by atoms with E-state index in [4.69, 9.17) is 0 Å². The molecule has 1 N–H and O–H groups in total. The molecule has 1 heterocycles.